The van der Waals surface area contributed by atoms with Crippen LogP contribution >= 0.6 is 11.3 Å². The molecule has 1 aromatic carbocycles. The standard InChI is InChI=1S/C17H14F3N3OS/c1-10-22-12(9-25-10)8-23-14(11-5-3-2-4-6-11)7-13(17(18,19)20)15(21)16(23)24/h2-7,9H,8,21H2,1H3. The van der Waals surface area contributed by atoms with Crippen molar-refractivity contribution in [2.24, 2.45) is 0 Å². The minimum atomic E-state index is -4.71. The Morgan fingerprint density at radius 2 is 1.92 bits per heavy atom. The third-order valence-electron chi connectivity index (χ3n) is 3.70. The molecule has 0 saturated heterocycles. The summed E-state index contributed by atoms with van der Waals surface area (Å²) >= 11 is 1.41. The molecule has 2 heterocycles. The zero-order valence-electron chi connectivity index (χ0n) is 13.2. The van der Waals surface area contributed by atoms with Crippen molar-refractivity contribution in [3.05, 3.63) is 68.4 Å². The number of benzene rings is 1. The van der Waals surface area contributed by atoms with Gasteiger partial charge in [-0.05, 0) is 18.6 Å². The number of alkyl halides is 3. The Bertz CT molecular complexity index is 962. The van der Waals surface area contributed by atoms with E-state index in [0.717, 1.165) is 11.1 Å². The zero-order valence-corrected chi connectivity index (χ0v) is 14.0. The van der Waals surface area contributed by atoms with E-state index in [4.69, 9.17) is 5.73 Å². The molecule has 0 aliphatic carbocycles. The summed E-state index contributed by atoms with van der Waals surface area (Å²) < 4.78 is 41.0. The molecule has 2 N–H and O–H groups in total. The fourth-order valence-electron chi connectivity index (χ4n) is 2.54. The lowest BCUT2D eigenvalue weighted by Crippen LogP contribution is -2.28. The van der Waals surface area contributed by atoms with Crippen molar-refractivity contribution in [1.29, 1.82) is 0 Å². The van der Waals surface area contributed by atoms with Gasteiger partial charge in [0.1, 0.15) is 5.69 Å². The van der Waals surface area contributed by atoms with Crippen molar-refractivity contribution in [3.8, 4) is 11.3 Å². The highest BCUT2D eigenvalue weighted by atomic mass is 32.1. The van der Waals surface area contributed by atoms with Crippen LogP contribution in [0.15, 0.2) is 46.6 Å². The number of aromatic nitrogens is 2. The molecule has 0 aliphatic rings. The summed E-state index contributed by atoms with van der Waals surface area (Å²) in [6, 6.07) is 9.35. The maximum absolute atomic E-state index is 13.2. The Morgan fingerprint density at radius 1 is 1.24 bits per heavy atom. The SMILES string of the molecule is Cc1nc(Cn2c(-c3ccccc3)cc(C(F)(F)F)c(N)c2=O)cs1. The van der Waals surface area contributed by atoms with Crippen molar-refractivity contribution >= 4 is 17.0 Å². The first-order valence-corrected chi connectivity index (χ1v) is 8.22. The summed E-state index contributed by atoms with van der Waals surface area (Å²) in [7, 11) is 0. The number of pyridine rings is 1. The van der Waals surface area contributed by atoms with Gasteiger partial charge in [0.2, 0.25) is 0 Å². The lowest BCUT2D eigenvalue weighted by molar-refractivity contribution is -0.137. The lowest BCUT2D eigenvalue weighted by Gasteiger charge is -2.17. The van der Waals surface area contributed by atoms with Crippen molar-refractivity contribution in [3.63, 3.8) is 0 Å². The van der Waals surface area contributed by atoms with Crippen LogP contribution in [-0.4, -0.2) is 9.55 Å². The van der Waals surface area contributed by atoms with Crippen molar-refractivity contribution in [1.82, 2.24) is 9.55 Å². The van der Waals surface area contributed by atoms with Crippen molar-refractivity contribution in [2.45, 2.75) is 19.6 Å². The Balaban J connectivity index is 2.25. The van der Waals surface area contributed by atoms with Crippen LogP contribution in [0.3, 0.4) is 0 Å². The van der Waals surface area contributed by atoms with E-state index >= 15 is 0 Å². The molecule has 0 unspecified atom stereocenters. The number of hydrogen-bond donors (Lipinski definition) is 1. The molecule has 0 bridgehead atoms. The molecule has 0 radical (unpaired) electrons. The normalized spacial score (nSPS) is 11.7. The highest BCUT2D eigenvalue weighted by Crippen LogP contribution is 2.34. The number of aryl methyl sites for hydroxylation is 1. The minimum Gasteiger partial charge on any atom is -0.394 e. The van der Waals surface area contributed by atoms with E-state index in [1.165, 1.54) is 15.9 Å². The topological polar surface area (TPSA) is 60.9 Å². The highest BCUT2D eigenvalue weighted by Gasteiger charge is 2.35. The quantitative estimate of drug-likeness (QED) is 0.765. The Labute approximate surface area is 145 Å². The average molecular weight is 365 g/mol. The molecule has 4 nitrogen and oxygen atoms in total. The number of nitrogens with two attached hydrogens (primary N) is 1. The summed E-state index contributed by atoms with van der Waals surface area (Å²) in [6.45, 7) is 1.87. The molecular weight excluding hydrogens is 351 g/mol. The van der Waals surface area contributed by atoms with Gasteiger partial charge in [-0.1, -0.05) is 30.3 Å². The fourth-order valence-corrected chi connectivity index (χ4v) is 3.15. The van der Waals surface area contributed by atoms with Crippen molar-refractivity contribution < 1.29 is 13.2 Å². The van der Waals surface area contributed by atoms with Crippen LogP contribution in [0.5, 0.6) is 0 Å². The Kier molecular flexibility index (Phi) is 4.38. The monoisotopic (exact) mass is 365 g/mol. The van der Waals surface area contributed by atoms with Gasteiger partial charge in [-0.2, -0.15) is 13.2 Å². The van der Waals surface area contributed by atoms with E-state index in [-0.39, 0.29) is 12.2 Å². The van der Waals surface area contributed by atoms with Gasteiger partial charge in [0, 0.05) is 5.38 Å². The van der Waals surface area contributed by atoms with Gasteiger partial charge in [0.25, 0.3) is 5.56 Å². The molecule has 130 valence electrons. The molecule has 25 heavy (non-hydrogen) atoms. The van der Waals surface area contributed by atoms with E-state index < -0.39 is 23.0 Å². The van der Waals surface area contributed by atoms with E-state index in [1.807, 2.05) is 6.92 Å². The summed E-state index contributed by atoms with van der Waals surface area (Å²) in [5.41, 5.74) is 3.95. The molecule has 0 aliphatic heterocycles. The van der Waals surface area contributed by atoms with E-state index in [2.05, 4.69) is 4.98 Å². The molecule has 3 aromatic rings. The third-order valence-corrected chi connectivity index (χ3v) is 4.52. The minimum absolute atomic E-state index is 0.0513. The van der Waals surface area contributed by atoms with Gasteiger partial charge in [-0.15, -0.1) is 11.3 Å². The predicted octanol–water partition coefficient (Wildman–Crippen LogP) is 3.93. The Morgan fingerprint density at radius 3 is 2.48 bits per heavy atom. The second-order valence-electron chi connectivity index (χ2n) is 5.47. The summed E-state index contributed by atoms with van der Waals surface area (Å²) in [5.74, 6) is 0. The van der Waals surface area contributed by atoms with Gasteiger partial charge >= 0.3 is 6.18 Å². The van der Waals surface area contributed by atoms with Gasteiger partial charge in [0.05, 0.1) is 28.5 Å². The molecule has 0 amide bonds. The largest absolute Gasteiger partial charge is 0.418 e. The van der Waals surface area contributed by atoms with Crippen LogP contribution in [0.2, 0.25) is 0 Å². The van der Waals surface area contributed by atoms with Crippen LogP contribution in [0, 0.1) is 6.92 Å². The molecule has 8 heteroatoms. The van der Waals surface area contributed by atoms with E-state index in [0.29, 0.717) is 11.3 Å². The number of halogens is 3. The first kappa shape index (κ1) is 17.2. The molecule has 0 spiro atoms. The lowest BCUT2D eigenvalue weighted by atomic mass is 10.1. The smallest absolute Gasteiger partial charge is 0.394 e. The molecule has 0 atom stereocenters. The number of nitrogens with zero attached hydrogens (tertiary/aromatic N) is 2. The predicted molar refractivity (Wildman–Crippen MR) is 91.5 cm³/mol. The fraction of sp³-hybridized carbons (Fsp3) is 0.176. The van der Waals surface area contributed by atoms with E-state index in [9.17, 15) is 18.0 Å². The number of anilines is 1. The second kappa shape index (κ2) is 6.36. The van der Waals surface area contributed by atoms with E-state index in [1.54, 1.807) is 35.7 Å². The van der Waals surface area contributed by atoms with Gasteiger partial charge in [-0.25, -0.2) is 4.98 Å². The van der Waals surface area contributed by atoms with Crippen LogP contribution in [0.1, 0.15) is 16.3 Å². The van der Waals surface area contributed by atoms with Crippen molar-refractivity contribution in [2.75, 3.05) is 5.73 Å². The zero-order chi connectivity index (χ0) is 18.2. The van der Waals surface area contributed by atoms with Gasteiger partial charge < -0.3 is 10.3 Å². The molecule has 3 rings (SSSR count). The number of nitrogen functional groups attached to an aromatic ring is 1. The first-order chi connectivity index (χ1) is 11.8. The van der Waals surface area contributed by atoms with Crippen LogP contribution in [0.4, 0.5) is 18.9 Å². The van der Waals surface area contributed by atoms with Crippen LogP contribution in [0.25, 0.3) is 11.3 Å². The highest BCUT2D eigenvalue weighted by molar-refractivity contribution is 7.09. The summed E-state index contributed by atoms with van der Waals surface area (Å²) in [6.07, 6.45) is -4.71. The van der Waals surface area contributed by atoms with Gasteiger partial charge in [-0.3, -0.25) is 4.79 Å². The second-order valence-corrected chi connectivity index (χ2v) is 6.53. The molecule has 2 aromatic heterocycles. The number of rotatable bonds is 3. The maximum atomic E-state index is 13.2. The summed E-state index contributed by atoms with van der Waals surface area (Å²) in [4.78, 5) is 16.8. The van der Waals surface area contributed by atoms with Crippen LogP contribution in [-0.2, 0) is 12.7 Å². The average Bonchev–Trinajstić information content (AvgIpc) is 2.97. The number of hydrogen-bond acceptors (Lipinski definition) is 4. The summed E-state index contributed by atoms with van der Waals surface area (Å²) in [5, 5.41) is 2.58. The maximum Gasteiger partial charge on any atom is 0.418 e. The molecular formula is C17H14F3N3OS. The molecule has 0 saturated carbocycles. The molecule has 0 fully saturated rings. The van der Waals surface area contributed by atoms with Crippen LogP contribution < -0.4 is 11.3 Å². The first-order valence-electron chi connectivity index (χ1n) is 7.34. The Hall–Kier alpha value is -2.61. The third kappa shape index (κ3) is 3.43. The van der Waals surface area contributed by atoms with Gasteiger partial charge in [0.15, 0.2) is 0 Å². The number of thiazole rings is 1.